The number of rotatable bonds is 5. The van der Waals surface area contributed by atoms with Crippen LogP contribution in [0, 0.1) is 5.92 Å². The number of allylic oxidation sites excluding steroid dienone is 7. The first kappa shape index (κ1) is 25.6. The summed E-state index contributed by atoms with van der Waals surface area (Å²) in [6.45, 7) is 3.79. The Balaban J connectivity index is 1.56. The lowest BCUT2D eigenvalue weighted by Crippen LogP contribution is -2.38. The molecule has 0 saturated heterocycles. The van der Waals surface area contributed by atoms with Gasteiger partial charge in [-0.25, -0.2) is 0 Å². The number of amides is 1. The highest BCUT2D eigenvalue weighted by Crippen LogP contribution is 2.44. The fourth-order valence-corrected chi connectivity index (χ4v) is 5.21. The first-order valence-electron chi connectivity index (χ1n) is 12.5. The quantitative estimate of drug-likeness (QED) is 0.473. The number of alkyl halides is 3. The highest BCUT2D eigenvalue weighted by atomic mass is 19.4. The molecule has 9 heteroatoms. The summed E-state index contributed by atoms with van der Waals surface area (Å²) in [7, 11) is 0. The number of hydrogen-bond donors (Lipinski definition) is 2. The number of benzene rings is 1. The van der Waals surface area contributed by atoms with Crippen molar-refractivity contribution in [2.45, 2.75) is 51.8 Å². The number of para-hydroxylation sites is 1. The van der Waals surface area contributed by atoms with Crippen LogP contribution in [-0.2, 0) is 9.59 Å². The monoisotopic (exact) mass is 524 g/mol. The molecule has 2 heterocycles. The molecule has 2 aromatic rings. The van der Waals surface area contributed by atoms with E-state index < -0.39 is 18.0 Å². The molecule has 2 unspecified atom stereocenters. The van der Waals surface area contributed by atoms with Gasteiger partial charge in [-0.15, -0.1) is 13.2 Å². The van der Waals surface area contributed by atoms with Crippen molar-refractivity contribution in [3.05, 3.63) is 88.6 Å². The molecule has 2 aliphatic carbocycles. The van der Waals surface area contributed by atoms with E-state index in [1.54, 1.807) is 19.1 Å². The van der Waals surface area contributed by atoms with Gasteiger partial charge < -0.3 is 19.8 Å². The lowest BCUT2D eigenvalue weighted by Gasteiger charge is -2.33. The molecule has 2 atom stereocenters. The van der Waals surface area contributed by atoms with E-state index in [9.17, 15) is 22.8 Å². The number of nitrogens with one attached hydrogen (secondary N) is 2. The number of hydrogen-bond acceptors (Lipinski definition) is 5. The average Bonchev–Trinajstić information content (AvgIpc) is 3.34. The lowest BCUT2D eigenvalue weighted by molar-refractivity contribution is -0.274. The molecular weight excluding hydrogens is 497 g/mol. The van der Waals surface area contributed by atoms with E-state index in [1.165, 1.54) is 24.3 Å². The van der Waals surface area contributed by atoms with Crippen LogP contribution < -0.4 is 15.4 Å². The Morgan fingerprint density at radius 1 is 1.16 bits per heavy atom. The van der Waals surface area contributed by atoms with E-state index in [-0.39, 0.29) is 28.9 Å². The molecule has 1 amide bonds. The number of carbonyl (C=O) groups is 2. The van der Waals surface area contributed by atoms with E-state index >= 15 is 0 Å². The van der Waals surface area contributed by atoms with Gasteiger partial charge in [-0.05, 0) is 62.4 Å². The number of dihydropyridines is 1. The van der Waals surface area contributed by atoms with Crippen molar-refractivity contribution < 1.29 is 31.9 Å². The van der Waals surface area contributed by atoms with Gasteiger partial charge in [0.15, 0.2) is 5.78 Å². The molecule has 38 heavy (non-hydrogen) atoms. The van der Waals surface area contributed by atoms with Crippen LogP contribution >= 0.6 is 0 Å². The molecule has 2 N–H and O–H groups in total. The highest BCUT2D eigenvalue weighted by molar-refractivity contribution is 6.05. The van der Waals surface area contributed by atoms with Crippen molar-refractivity contribution in [1.82, 2.24) is 10.6 Å². The largest absolute Gasteiger partial charge is 0.573 e. The van der Waals surface area contributed by atoms with Crippen molar-refractivity contribution in [2.75, 3.05) is 0 Å². The van der Waals surface area contributed by atoms with Crippen LogP contribution in [0.2, 0.25) is 0 Å². The third kappa shape index (κ3) is 5.05. The first-order valence-corrected chi connectivity index (χ1v) is 12.5. The Bertz CT molecular complexity index is 1410. The summed E-state index contributed by atoms with van der Waals surface area (Å²) in [5.74, 6) is -1.12. The van der Waals surface area contributed by atoms with Crippen LogP contribution in [0.5, 0.6) is 5.75 Å². The van der Waals surface area contributed by atoms with Gasteiger partial charge in [-0.1, -0.05) is 31.2 Å². The maximum atomic E-state index is 13.7. The van der Waals surface area contributed by atoms with Gasteiger partial charge in [0.1, 0.15) is 17.3 Å². The van der Waals surface area contributed by atoms with Gasteiger partial charge in [0.25, 0.3) is 5.91 Å². The van der Waals surface area contributed by atoms with Gasteiger partial charge in [0.2, 0.25) is 0 Å². The fraction of sp³-hybridized carbons (Fsp3) is 0.310. The molecule has 1 aromatic carbocycles. The van der Waals surface area contributed by atoms with Crippen molar-refractivity contribution in [3.8, 4) is 17.1 Å². The summed E-state index contributed by atoms with van der Waals surface area (Å²) < 4.78 is 49.3. The van der Waals surface area contributed by atoms with Crippen molar-refractivity contribution in [2.24, 2.45) is 5.92 Å². The fourth-order valence-electron chi connectivity index (χ4n) is 5.21. The second kappa shape index (κ2) is 10.0. The zero-order valence-electron chi connectivity index (χ0n) is 20.9. The van der Waals surface area contributed by atoms with Crippen molar-refractivity contribution >= 4 is 11.7 Å². The van der Waals surface area contributed by atoms with E-state index in [0.29, 0.717) is 41.9 Å². The minimum atomic E-state index is -4.87. The van der Waals surface area contributed by atoms with E-state index in [4.69, 9.17) is 4.42 Å². The van der Waals surface area contributed by atoms with E-state index in [2.05, 4.69) is 15.4 Å². The topological polar surface area (TPSA) is 80.6 Å². The Hall–Kier alpha value is -4.01. The Morgan fingerprint density at radius 3 is 2.71 bits per heavy atom. The van der Waals surface area contributed by atoms with Crippen LogP contribution in [-0.4, -0.2) is 18.1 Å². The maximum Gasteiger partial charge on any atom is 0.573 e. The highest BCUT2D eigenvalue weighted by Gasteiger charge is 2.41. The molecule has 6 nitrogen and oxygen atoms in total. The van der Waals surface area contributed by atoms with Gasteiger partial charge >= 0.3 is 6.36 Å². The number of halogens is 3. The minimum absolute atomic E-state index is 0.0894. The smallest absolute Gasteiger partial charge is 0.460 e. The predicted octanol–water partition coefficient (Wildman–Crippen LogP) is 6.41. The zero-order chi connectivity index (χ0) is 27.0. The Morgan fingerprint density at radius 2 is 1.95 bits per heavy atom. The van der Waals surface area contributed by atoms with Crippen LogP contribution in [0.15, 0.2) is 87.3 Å². The second-order valence-electron chi connectivity index (χ2n) is 9.65. The predicted molar refractivity (Wildman–Crippen MR) is 134 cm³/mol. The summed E-state index contributed by atoms with van der Waals surface area (Å²) in [5, 5.41) is 6.26. The summed E-state index contributed by atoms with van der Waals surface area (Å²) in [6, 6.07) is 8.81. The molecule has 5 rings (SSSR count). The molecule has 1 aliphatic heterocycles. The van der Waals surface area contributed by atoms with E-state index in [1.807, 2.05) is 25.2 Å². The number of Topliss-reactive ketones (excluding diaryl/α,β-unsaturated/α-hetero) is 1. The second-order valence-corrected chi connectivity index (χ2v) is 9.65. The number of carbonyl (C=O) groups excluding carboxylic acids is 2. The summed E-state index contributed by atoms with van der Waals surface area (Å²) >= 11 is 0. The first-order chi connectivity index (χ1) is 18.1. The van der Waals surface area contributed by atoms with Crippen LogP contribution in [0.4, 0.5) is 13.2 Å². The van der Waals surface area contributed by atoms with Crippen molar-refractivity contribution in [1.29, 1.82) is 0 Å². The number of ether oxygens (including phenoxy) is 1. The average molecular weight is 525 g/mol. The lowest BCUT2D eigenvalue weighted by atomic mass is 9.77. The van der Waals surface area contributed by atoms with Crippen LogP contribution in [0.1, 0.15) is 51.2 Å². The van der Waals surface area contributed by atoms with Crippen LogP contribution in [0.3, 0.4) is 0 Å². The SMILES string of the molecule is CC1=C(C(=O)NC2=CC=CCC2C)C(c2ccc(-c3ccccc3OC(F)(F)F)o2)C2=C(CCCC2=O)N1. The third-order valence-corrected chi connectivity index (χ3v) is 7.00. The molecule has 0 bridgehead atoms. The van der Waals surface area contributed by atoms with Gasteiger partial charge in [-0.3, -0.25) is 9.59 Å². The van der Waals surface area contributed by atoms with Crippen molar-refractivity contribution in [3.63, 3.8) is 0 Å². The normalized spacial score (nSPS) is 21.6. The number of ketones is 1. The van der Waals surface area contributed by atoms with Crippen LogP contribution in [0.25, 0.3) is 11.3 Å². The minimum Gasteiger partial charge on any atom is -0.460 e. The summed E-state index contributed by atoms with van der Waals surface area (Å²) in [5.41, 5.74) is 3.01. The molecule has 0 fully saturated rings. The molecular formula is C29H27F3N2O4. The van der Waals surface area contributed by atoms with Gasteiger partial charge in [-0.2, -0.15) is 0 Å². The number of furan rings is 1. The third-order valence-electron chi connectivity index (χ3n) is 7.00. The van der Waals surface area contributed by atoms with Gasteiger partial charge in [0, 0.05) is 29.1 Å². The summed E-state index contributed by atoms with van der Waals surface area (Å²) in [4.78, 5) is 26.8. The molecule has 198 valence electrons. The van der Waals surface area contributed by atoms with E-state index in [0.717, 1.165) is 17.8 Å². The molecule has 1 aromatic heterocycles. The Kier molecular flexibility index (Phi) is 6.77. The maximum absolute atomic E-state index is 13.7. The molecule has 0 saturated carbocycles. The molecule has 3 aliphatic rings. The summed E-state index contributed by atoms with van der Waals surface area (Å²) in [6.07, 6.45) is 3.36. The zero-order valence-corrected chi connectivity index (χ0v) is 20.9. The Labute approximate surface area is 217 Å². The molecule has 0 spiro atoms. The standard InChI is InChI=1S/C29H27F3N2O4/c1-16-8-3-5-10-19(16)34-28(36)25-17(2)33-20-11-7-12-21(35)26(20)27(25)24-15-14-22(37-24)18-9-4-6-13-23(18)38-29(30,31)32/h3-6,9-10,13-16,27,33H,7-8,11-12H2,1-2H3,(H,34,36). The van der Waals surface area contributed by atoms with Gasteiger partial charge in [0.05, 0.1) is 17.1 Å². The molecule has 0 radical (unpaired) electrons.